The molecular weight excluding hydrogens is 240 g/mol. The van der Waals surface area contributed by atoms with E-state index in [1.165, 1.54) is 12.8 Å². The van der Waals surface area contributed by atoms with E-state index in [1.54, 1.807) is 6.07 Å². The molecule has 0 radical (unpaired) electrons. The molecule has 2 aliphatic rings. The maximum absolute atomic E-state index is 6.17. The molecule has 92 valence electrons. The van der Waals surface area contributed by atoms with Crippen LogP contribution in [-0.2, 0) is 0 Å². The van der Waals surface area contributed by atoms with Crippen molar-refractivity contribution in [3.63, 3.8) is 0 Å². The number of hydrogen-bond acceptors (Lipinski definition) is 4. The minimum atomic E-state index is 0.277. The molecule has 0 bridgehead atoms. The number of anilines is 1. The maximum atomic E-state index is 6.17. The first-order valence-electron chi connectivity index (χ1n) is 5.89. The lowest BCUT2D eigenvalue weighted by Gasteiger charge is -2.14. The van der Waals surface area contributed by atoms with Crippen LogP contribution in [-0.4, -0.2) is 25.9 Å². The highest BCUT2D eigenvalue weighted by Gasteiger charge is 2.18. The summed E-state index contributed by atoms with van der Waals surface area (Å²) in [6.07, 6.45) is 2.47. The molecule has 2 aliphatic heterocycles. The van der Waals surface area contributed by atoms with Gasteiger partial charge in [0.25, 0.3) is 0 Å². The van der Waals surface area contributed by atoms with Crippen LogP contribution in [0.2, 0.25) is 5.02 Å². The second kappa shape index (κ2) is 4.63. The van der Waals surface area contributed by atoms with Crippen LogP contribution in [0.5, 0.6) is 11.5 Å². The van der Waals surface area contributed by atoms with Crippen LogP contribution in [0.1, 0.15) is 12.8 Å². The number of hydrogen-bond donors (Lipinski definition) is 2. The van der Waals surface area contributed by atoms with Gasteiger partial charge in [0.2, 0.25) is 6.79 Å². The molecule has 1 aromatic carbocycles. The van der Waals surface area contributed by atoms with Crippen molar-refractivity contribution in [1.82, 2.24) is 5.32 Å². The number of halogens is 1. The number of fused-ring (bicyclic) bond motifs is 1. The Morgan fingerprint density at radius 3 is 2.94 bits per heavy atom. The molecular formula is C12H15ClN2O2. The third-order valence-electron chi connectivity index (χ3n) is 3.16. The number of rotatable bonds is 3. The summed E-state index contributed by atoms with van der Waals surface area (Å²) in [7, 11) is 0. The Labute approximate surface area is 105 Å². The first-order chi connectivity index (χ1) is 8.33. The van der Waals surface area contributed by atoms with Crippen molar-refractivity contribution >= 4 is 17.3 Å². The summed E-state index contributed by atoms with van der Waals surface area (Å²) in [6.45, 7) is 2.28. The summed E-state index contributed by atoms with van der Waals surface area (Å²) in [5.41, 5.74) is 0.907. The highest BCUT2D eigenvalue weighted by molar-refractivity contribution is 6.33. The molecule has 0 aromatic heterocycles. The van der Waals surface area contributed by atoms with E-state index in [0.717, 1.165) is 30.3 Å². The molecule has 3 rings (SSSR count). The van der Waals surface area contributed by atoms with Crippen molar-refractivity contribution in [2.24, 2.45) is 0 Å². The zero-order valence-corrected chi connectivity index (χ0v) is 10.2. The SMILES string of the molecule is Clc1cc2c(cc1NCC1CCCN1)OCO2. The van der Waals surface area contributed by atoms with E-state index in [0.29, 0.717) is 11.1 Å². The van der Waals surface area contributed by atoms with Gasteiger partial charge >= 0.3 is 0 Å². The lowest BCUT2D eigenvalue weighted by Crippen LogP contribution is -2.29. The summed E-state index contributed by atoms with van der Waals surface area (Å²) >= 11 is 6.17. The highest BCUT2D eigenvalue weighted by atomic mass is 35.5. The minimum absolute atomic E-state index is 0.277. The fourth-order valence-corrected chi connectivity index (χ4v) is 2.44. The molecule has 0 aliphatic carbocycles. The Kier molecular flexibility index (Phi) is 2.99. The lowest BCUT2D eigenvalue weighted by molar-refractivity contribution is 0.174. The fourth-order valence-electron chi connectivity index (χ4n) is 2.22. The normalized spacial score (nSPS) is 21.8. The molecule has 17 heavy (non-hydrogen) atoms. The van der Waals surface area contributed by atoms with Crippen LogP contribution < -0.4 is 20.1 Å². The van der Waals surface area contributed by atoms with Gasteiger partial charge in [0.15, 0.2) is 11.5 Å². The number of benzene rings is 1. The van der Waals surface area contributed by atoms with Crippen molar-refractivity contribution in [2.75, 3.05) is 25.2 Å². The predicted molar refractivity (Wildman–Crippen MR) is 67.1 cm³/mol. The molecule has 4 nitrogen and oxygen atoms in total. The van der Waals surface area contributed by atoms with Crippen LogP contribution >= 0.6 is 11.6 Å². The van der Waals surface area contributed by atoms with Gasteiger partial charge in [-0.05, 0) is 19.4 Å². The van der Waals surface area contributed by atoms with Crippen molar-refractivity contribution in [3.05, 3.63) is 17.2 Å². The second-order valence-electron chi connectivity index (χ2n) is 4.36. The van der Waals surface area contributed by atoms with Crippen LogP contribution in [0.15, 0.2) is 12.1 Å². The van der Waals surface area contributed by atoms with E-state index in [-0.39, 0.29) is 6.79 Å². The van der Waals surface area contributed by atoms with Crippen molar-refractivity contribution in [2.45, 2.75) is 18.9 Å². The Morgan fingerprint density at radius 1 is 1.35 bits per heavy atom. The number of ether oxygens (including phenoxy) is 2. The summed E-state index contributed by atoms with van der Waals surface area (Å²) < 4.78 is 10.6. The summed E-state index contributed by atoms with van der Waals surface area (Å²) in [5, 5.41) is 7.47. The van der Waals surface area contributed by atoms with E-state index in [4.69, 9.17) is 21.1 Å². The third kappa shape index (κ3) is 2.28. The zero-order valence-electron chi connectivity index (χ0n) is 9.46. The van der Waals surface area contributed by atoms with Gasteiger partial charge in [-0.3, -0.25) is 0 Å². The molecule has 1 unspecified atom stereocenters. The first kappa shape index (κ1) is 11.0. The van der Waals surface area contributed by atoms with Crippen LogP contribution in [0.25, 0.3) is 0 Å². The Hall–Kier alpha value is -1.13. The first-order valence-corrected chi connectivity index (χ1v) is 6.27. The predicted octanol–water partition coefficient (Wildman–Crippen LogP) is 2.23. The van der Waals surface area contributed by atoms with Crippen LogP contribution in [0.4, 0.5) is 5.69 Å². The largest absolute Gasteiger partial charge is 0.454 e. The Morgan fingerprint density at radius 2 is 2.18 bits per heavy atom. The van der Waals surface area contributed by atoms with E-state index in [9.17, 15) is 0 Å². The average Bonchev–Trinajstić information content (AvgIpc) is 2.95. The Balaban J connectivity index is 1.69. The Bertz CT molecular complexity index is 419. The quantitative estimate of drug-likeness (QED) is 0.868. The smallest absolute Gasteiger partial charge is 0.231 e. The van der Waals surface area contributed by atoms with E-state index in [2.05, 4.69) is 10.6 Å². The molecule has 5 heteroatoms. The molecule has 0 saturated carbocycles. The van der Waals surface area contributed by atoms with E-state index >= 15 is 0 Å². The van der Waals surface area contributed by atoms with Gasteiger partial charge in [0, 0.05) is 24.7 Å². The van der Waals surface area contributed by atoms with Gasteiger partial charge in [-0.2, -0.15) is 0 Å². The summed E-state index contributed by atoms with van der Waals surface area (Å²) in [4.78, 5) is 0. The van der Waals surface area contributed by atoms with Gasteiger partial charge in [-0.25, -0.2) is 0 Å². The van der Waals surface area contributed by atoms with E-state index < -0.39 is 0 Å². The van der Waals surface area contributed by atoms with Crippen molar-refractivity contribution in [1.29, 1.82) is 0 Å². The molecule has 2 heterocycles. The van der Waals surface area contributed by atoms with Crippen LogP contribution in [0, 0.1) is 0 Å². The zero-order chi connectivity index (χ0) is 11.7. The minimum Gasteiger partial charge on any atom is -0.454 e. The second-order valence-corrected chi connectivity index (χ2v) is 4.77. The summed E-state index contributed by atoms with van der Waals surface area (Å²) in [5.74, 6) is 1.48. The third-order valence-corrected chi connectivity index (χ3v) is 3.48. The molecule has 1 atom stereocenters. The van der Waals surface area contributed by atoms with E-state index in [1.807, 2.05) is 6.07 Å². The molecule has 1 saturated heterocycles. The van der Waals surface area contributed by atoms with Gasteiger partial charge in [-0.15, -0.1) is 0 Å². The molecule has 1 fully saturated rings. The van der Waals surface area contributed by atoms with Gasteiger partial charge in [-0.1, -0.05) is 11.6 Å². The van der Waals surface area contributed by atoms with Gasteiger partial charge in [0.1, 0.15) is 0 Å². The molecule has 0 amide bonds. The average molecular weight is 255 g/mol. The van der Waals surface area contributed by atoms with Crippen molar-refractivity contribution in [3.8, 4) is 11.5 Å². The fraction of sp³-hybridized carbons (Fsp3) is 0.500. The van der Waals surface area contributed by atoms with Gasteiger partial charge in [0.05, 0.1) is 10.7 Å². The number of nitrogens with one attached hydrogen (secondary N) is 2. The standard InChI is InChI=1S/C12H15ClN2O2/c13-9-4-11-12(17-7-16-11)5-10(9)15-6-8-2-1-3-14-8/h4-5,8,14-15H,1-3,6-7H2. The summed E-state index contributed by atoms with van der Waals surface area (Å²) in [6, 6.07) is 4.24. The topological polar surface area (TPSA) is 42.5 Å². The van der Waals surface area contributed by atoms with Gasteiger partial charge < -0.3 is 20.1 Å². The molecule has 0 spiro atoms. The maximum Gasteiger partial charge on any atom is 0.231 e. The lowest BCUT2D eigenvalue weighted by atomic mass is 10.2. The highest BCUT2D eigenvalue weighted by Crippen LogP contribution is 2.39. The molecule has 1 aromatic rings. The molecule has 2 N–H and O–H groups in total. The van der Waals surface area contributed by atoms with Crippen molar-refractivity contribution < 1.29 is 9.47 Å². The monoisotopic (exact) mass is 254 g/mol. The van der Waals surface area contributed by atoms with Crippen LogP contribution in [0.3, 0.4) is 0 Å².